The molecule has 1 amide bonds. The molecule has 3 aromatic carbocycles. The third kappa shape index (κ3) is 5.94. The van der Waals surface area contributed by atoms with Crippen LogP contribution in [0.5, 0.6) is 23.0 Å². The van der Waals surface area contributed by atoms with E-state index in [-0.39, 0.29) is 11.8 Å². The second-order valence-electron chi connectivity index (χ2n) is 8.49. The Morgan fingerprint density at radius 1 is 1.17 bits per heavy atom. The summed E-state index contributed by atoms with van der Waals surface area (Å²) in [6.45, 7) is 2.98. The Labute approximate surface area is 216 Å². The van der Waals surface area contributed by atoms with Crippen LogP contribution in [0.15, 0.2) is 72.5 Å². The summed E-state index contributed by atoms with van der Waals surface area (Å²) in [5, 5.41) is 13.8. The lowest BCUT2D eigenvalue weighted by atomic mass is 9.90. The summed E-state index contributed by atoms with van der Waals surface area (Å²) in [5.74, 6) is 2.48. The van der Waals surface area contributed by atoms with Crippen LogP contribution in [0.1, 0.15) is 47.2 Å². The Balaban J connectivity index is 1.39. The summed E-state index contributed by atoms with van der Waals surface area (Å²) in [7, 11) is 1.64. The number of fused-ring (bicyclic) bond motifs is 1. The third-order valence-corrected chi connectivity index (χ3v) is 6.39. The number of carbonyl (C=O) groups is 1. The molecule has 3 aromatic rings. The normalized spacial score (nSPS) is 15.0. The number of nitrogens with one attached hydrogen (secondary N) is 1. The number of allylic oxidation sites excluding steroid dienone is 2. The molecule has 0 fully saturated rings. The third-order valence-electron chi connectivity index (χ3n) is 6.09. The van der Waals surface area contributed by atoms with Crippen molar-refractivity contribution in [2.75, 3.05) is 20.3 Å². The van der Waals surface area contributed by atoms with Gasteiger partial charge in [-0.05, 0) is 67.3 Å². The number of amides is 1. The number of methoxy groups -OCH3 is 1. The van der Waals surface area contributed by atoms with Crippen molar-refractivity contribution in [2.24, 2.45) is 0 Å². The van der Waals surface area contributed by atoms with Crippen molar-refractivity contribution in [1.29, 1.82) is 0 Å². The molecule has 1 aliphatic heterocycles. The van der Waals surface area contributed by atoms with Crippen molar-refractivity contribution in [3.8, 4) is 23.0 Å². The molecule has 0 saturated carbocycles. The average molecular weight is 508 g/mol. The van der Waals surface area contributed by atoms with Crippen LogP contribution < -0.4 is 19.5 Å². The van der Waals surface area contributed by atoms with Gasteiger partial charge in [0, 0.05) is 29.7 Å². The van der Waals surface area contributed by atoms with Crippen LogP contribution in [-0.2, 0) is 6.42 Å². The summed E-state index contributed by atoms with van der Waals surface area (Å²) in [5.41, 5.74) is 2.42. The molecular formula is C29H30ClNO5. The van der Waals surface area contributed by atoms with Gasteiger partial charge in [-0.3, -0.25) is 4.79 Å². The monoisotopic (exact) mass is 507 g/mol. The van der Waals surface area contributed by atoms with Gasteiger partial charge in [0.15, 0.2) is 0 Å². The smallest absolute Gasteiger partial charge is 0.251 e. The lowest BCUT2D eigenvalue weighted by Crippen LogP contribution is -2.25. The minimum Gasteiger partial charge on any atom is -0.512 e. The molecular weight excluding hydrogens is 478 g/mol. The number of aliphatic hydroxyl groups is 1. The van der Waals surface area contributed by atoms with Crippen LogP contribution in [0.4, 0.5) is 0 Å². The van der Waals surface area contributed by atoms with Gasteiger partial charge in [0.25, 0.3) is 5.91 Å². The van der Waals surface area contributed by atoms with Gasteiger partial charge in [0.1, 0.15) is 23.0 Å². The topological polar surface area (TPSA) is 77.0 Å². The van der Waals surface area contributed by atoms with Crippen molar-refractivity contribution in [3.63, 3.8) is 0 Å². The van der Waals surface area contributed by atoms with Crippen molar-refractivity contribution >= 4 is 17.5 Å². The van der Waals surface area contributed by atoms with E-state index < -0.39 is 0 Å². The SMILES string of the molecule is CC/C=C(\O)C1CCOc2cc(Oc3ccc(C(=O)NCCc4ccccc4OC)cc3)c(Cl)cc21. The molecule has 0 spiro atoms. The fourth-order valence-corrected chi connectivity index (χ4v) is 4.46. The summed E-state index contributed by atoms with van der Waals surface area (Å²) in [4.78, 5) is 12.6. The highest BCUT2D eigenvalue weighted by atomic mass is 35.5. The summed E-state index contributed by atoms with van der Waals surface area (Å²) in [6, 6.07) is 18.2. The van der Waals surface area contributed by atoms with Crippen LogP contribution >= 0.6 is 11.6 Å². The molecule has 0 aromatic heterocycles. The fraction of sp³-hybridized carbons (Fsp3) is 0.276. The standard InChI is InChI=1S/C29H30ClNO5/c1-3-6-25(32)22-14-16-35-27-18-28(24(30)17-23(22)27)36-21-11-9-20(10-12-21)29(33)31-15-13-19-7-4-5-8-26(19)34-2/h4-12,17-18,22,32H,3,13-16H2,1-2H3,(H,31,33)/b25-6-. The fourth-order valence-electron chi connectivity index (χ4n) is 4.25. The first kappa shape index (κ1) is 25.5. The van der Waals surface area contributed by atoms with E-state index in [4.69, 9.17) is 25.8 Å². The molecule has 1 atom stereocenters. The van der Waals surface area contributed by atoms with Gasteiger partial charge in [-0.25, -0.2) is 0 Å². The number of hydrogen-bond acceptors (Lipinski definition) is 5. The number of carbonyl (C=O) groups excluding carboxylic acids is 1. The first-order valence-electron chi connectivity index (χ1n) is 12.0. The molecule has 0 radical (unpaired) electrons. The molecule has 6 nitrogen and oxygen atoms in total. The van der Waals surface area contributed by atoms with Crippen LogP contribution in [0, 0.1) is 0 Å². The number of ether oxygens (including phenoxy) is 3. The Bertz CT molecular complexity index is 1240. The highest BCUT2D eigenvalue weighted by Gasteiger charge is 2.26. The zero-order chi connectivity index (χ0) is 25.5. The molecule has 4 rings (SSSR count). The molecule has 2 N–H and O–H groups in total. The van der Waals surface area contributed by atoms with Gasteiger partial charge in [0.05, 0.1) is 24.5 Å². The van der Waals surface area contributed by atoms with Crippen molar-refractivity contribution in [3.05, 3.63) is 94.2 Å². The number of rotatable bonds is 9. The molecule has 1 heterocycles. The molecule has 188 valence electrons. The Hall–Kier alpha value is -3.64. The van der Waals surface area contributed by atoms with Gasteiger partial charge in [0.2, 0.25) is 0 Å². The first-order valence-corrected chi connectivity index (χ1v) is 12.4. The van der Waals surface area contributed by atoms with Crippen LogP contribution in [0.2, 0.25) is 5.02 Å². The lowest BCUT2D eigenvalue weighted by molar-refractivity contribution is 0.0954. The average Bonchev–Trinajstić information content (AvgIpc) is 2.89. The number of halogens is 1. The Kier molecular flexibility index (Phi) is 8.39. The summed E-state index contributed by atoms with van der Waals surface area (Å²) in [6.07, 6.45) is 3.93. The molecule has 1 unspecified atom stereocenters. The number of para-hydroxylation sites is 1. The largest absolute Gasteiger partial charge is 0.512 e. The van der Waals surface area contributed by atoms with Crippen molar-refractivity contribution < 1.29 is 24.1 Å². The maximum Gasteiger partial charge on any atom is 0.251 e. The van der Waals surface area contributed by atoms with Gasteiger partial charge < -0.3 is 24.6 Å². The second kappa shape index (κ2) is 11.9. The second-order valence-corrected chi connectivity index (χ2v) is 8.90. The lowest BCUT2D eigenvalue weighted by Gasteiger charge is -2.26. The quantitative estimate of drug-likeness (QED) is 0.310. The number of benzene rings is 3. The van der Waals surface area contributed by atoms with Crippen LogP contribution in [0.25, 0.3) is 0 Å². The Morgan fingerprint density at radius 2 is 1.94 bits per heavy atom. The van der Waals surface area contributed by atoms with Gasteiger partial charge in [-0.15, -0.1) is 0 Å². The minimum atomic E-state index is -0.164. The van der Waals surface area contributed by atoms with Crippen LogP contribution in [0.3, 0.4) is 0 Å². The molecule has 0 bridgehead atoms. The van der Waals surface area contributed by atoms with Crippen molar-refractivity contribution in [1.82, 2.24) is 5.32 Å². The van der Waals surface area contributed by atoms with E-state index in [1.165, 1.54) is 0 Å². The van der Waals surface area contributed by atoms with E-state index in [1.807, 2.05) is 37.3 Å². The first-order chi connectivity index (χ1) is 17.5. The molecule has 36 heavy (non-hydrogen) atoms. The molecule has 7 heteroatoms. The molecule has 0 saturated heterocycles. The van der Waals surface area contributed by atoms with Crippen LogP contribution in [-0.4, -0.2) is 31.3 Å². The highest BCUT2D eigenvalue weighted by molar-refractivity contribution is 6.32. The van der Waals surface area contributed by atoms with E-state index in [9.17, 15) is 9.90 Å². The zero-order valence-electron chi connectivity index (χ0n) is 20.4. The highest BCUT2D eigenvalue weighted by Crippen LogP contribution is 2.43. The van der Waals surface area contributed by atoms with Gasteiger partial charge in [-0.2, -0.15) is 0 Å². The van der Waals surface area contributed by atoms with E-state index in [2.05, 4.69) is 5.32 Å². The predicted molar refractivity (Wildman–Crippen MR) is 141 cm³/mol. The molecule has 0 aliphatic carbocycles. The number of aliphatic hydroxyl groups excluding tert-OH is 1. The van der Waals surface area contributed by atoms with E-state index in [1.54, 1.807) is 43.5 Å². The van der Waals surface area contributed by atoms with Gasteiger partial charge in [-0.1, -0.05) is 36.7 Å². The van der Waals surface area contributed by atoms with Gasteiger partial charge >= 0.3 is 0 Å². The molecule has 1 aliphatic rings. The predicted octanol–water partition coefficient (Wildman–Crippen LogP) is 6.83. The Morgan fingerprint density at radius 3 is 2.69 bits per heavy atom. The maximum atomic E-state index is 12.6. The number of hydrogen-bond donors (Lipinski definition) is 2. The maximum absolute atomic E-state index is 12.6. The summed E-state index contributed by atoms with van der Waals surface area (Å²) >= 11 is 6.51. The van der Waals surface area contributed by atoms with E-state index in [0.717, 1.165) is 23.3 Å². The van der Waals surface area contributed by atoms with Crippen molar-refractivity contribution in [2.45, 2.75) is 32.1 Å². The summed E-state index contributed by atoms with van der Waals surface area (Å²) < 4.78 is 17.2. The van der Waals surface area contributed by atoms with E-state index >= 15 is 0 Å². The van der Waals surface area contributed by atoms with E-state index in [0.29, 0.717) is 59.6 Å². The zero-order valence-corrected chi connectivity index (χ0v) is 21.2. The minimum absolute atomic E-state index is 0.138.